The first kappa shape index (κ1) is 10.4. The van der Waals surface area contributed by atoms with Crippen LogP contribution >= 0.6 is 12.6 Å². The maximum Gasteiger partial charge on any atom is 0.0330 e. The van der Waals surface area contributed by atoms with Crippen LogP contribution in [-0.2, 0) is 0 Å². The van der Waals surface area contributed by atoms with Crippen molar-refractivity contribution < 1.29 is 0 Å². The summed E-state index contributed by atoms with van der Waals surface area (Å²) < 4.78 is 0. The summed E-state index contributed by atoms with van der Waals surface area (Å²) in [5, 5.41) is 1.73. The standard InChI is InChI=1S/C11H15NS/c1-9-4-6-10(7-5-9)11(12)3-2-8-13/h2,4-8,11,13H,3,12H2,1H3. The zero-order chi connectivity index (χ0) is 9.68. The number of benzene rings is 1. The van der Waals surface area contributed by atoms with E-state index in [4.69, 9.17) is 5.73 Å². The van der Waals surface area contributed by atoms with Crippen molar-refractivity contribution in [3.63, 3.8) is 0 Å². The van der Waals surface area contributed by atoms with Crippen LogP contribution in [0.25, 0.3) is 0 Å². The van der Waals surface area contributed by atoms with Crippen LogP contribution in [0.2, 0.25) is 0 Å². The molecule has 0 spiro atoms. The molecule has 0 saturated heterocycles. The van der Waals surface area contributed by atoms with Crippen molar-refractivity contribution in [2.45, 2.75) is 19.4 Å². The highest BCUT2D eigenvalue weighted by Gasteiger charge is 2.01. The van der Waals surface area contributed by atoms with Crippen LogP contribution in [0.5, 0.6) is 0 Å². The Morgan fingerprint density at radius 2 is 2.00 bits per heavy atom. The molecule has 0 radical (unpaired) electrons. The fraction of sp³-hybridized carbons (Fsp3) is 0.273. The van der Waals surface area contributed by atoms with Crippen LogP contribution in [0.1, 0.15) is 23.6 Å². The summed E-state index contributed by atoms with van der Waals surface area (Å²) in [6, 6.07) is 8.40. The van der Waals surface area contributed by atoms with Crippen LogP contribution in [0.15, 0.2) is 35.7 Å². The minimum absolute atomic E-state index is 0.0870. The molecular weight excluding hydrogens is 178 g/mol. The van der Waals surface area contributed by atoms with Crippen molar-refractivity contribution in [2.24, 2.45) is 5.73 Å². The molecular formula is C11H15NS. The fourth-order valence-electron chi connectivity index (χ4n) is 1.16. The monoisotopic (exact) mass is 193 g/mol. The van der Waals surface area contributed by atoms with E-state index < -0.39 is 0 Å². The summed E-state index contributed by atoms with van der Waals surface area (Å²) in [6.45, 7) is 2.07. The Balaban J connectivity index is 2.66. The summed E-state index contributed by atoms with van der Waals surface area (Å²) in [7, 11) is 0. The van der Waals surface area contributed by atoms with Crippen molar-refractivity contribution in [2.75, 3.05) is 0 Å². The van der Waals surface area contributed by atoms with Crippen LogP contribution in [0, 0.1) is 6.92 Å². The molecule has 1 unspecified atom stereocenters. The highest BCUT2D eigenvalue weighted by Crippen LogP contribution is 2.14. The molecule has 0 amide bonds. The Bertz CT molecular complexity index is 277. The molecule has 0 aliphatic rings. The van der Waals surface area contributed by atoms with Gasteiger partial charge in [-0.05, 0) is 24.3 Å². The van der Waals surface area contributed by atoms with E-state index in [1.807, 2.05) is 6.08 Å². The maximum absolute atomic E-state index is 5.95. The second-order valence-corrected chi connectivity index (χ2v) is 3.44. The van der Waals surface area contributed by atoms with Gasteiger partial charge in [-0.2, -0.15) is 12.6 Å². The topological polar surface area (TPSA) is 26.0 Å². The molecule has 2 heteroatoms. The average Bonchev–Trinajstić information content (AvgIpc) is 2.15. The minimum Gasteiger partial charge on any atom is -0.324 e. The van der Waals surface area contributed by atoms with Gasteiger partial charge in [-0.15, -0.1) is 0 Å². The zero-order valence-electron chi connectivity index (χ0n) is 7.77. The van der Waals surface area contributed by atoms with Gasteiger partial charge >= 0.3 is 0 Å². The molecule has 0 bridgehead atoms. The van der Waals surface area contributed by atoms with Gasteiger partial charge < -0.3 is 5.73 Å². The van der Waals surface area contributed by atoms with Gasteiger partial charge in [-0.1, -0.05) is 35.9 Å². The largest absolute Gasteiger partial charge is 0.324 e. The average molecular weight is 193 g/mol. The molecule has 0 saturated carbocycles. The first-order valence-electron chi connectivity index (χ1n) is 4.35. The van der Waals surface area contributed by atoms with Gasteiger partial charge in [0, 0.05) is 6.04 Å². The van der Waals surface area contributed by atoms with Gasteiger partial charge in [-0.3, -0.25) is 0 Å². The molecule has 0 aromatic heterocycles. The van der Waals surface area contributed by atoms with E-state index >= 15 is 0 Å². The van der Waals surface area contributed by atoms with E-state index in [9.17, 15) is 0 Å². The first-order valence-corrected chi connectivity index (χ1v) is 4.87. The number of nitrogens with two attached hydrogens (primary N) is 1. The van der Waals surface area contributed by atoms with E-state index in [1.165, 1.54) is 11.1 Å². The highest BCUT2D eigenvalue weighted by molar-refractivity contribution is 7.83. The Labute approximate surface area is 85.1 Å². The number of thiol groups is 1. The second kappa shape index (κ2) is 5.10. The molecule has 0 aliphatic heterocycles. The van der Waals surface area contributed by atoms with E-state index in [-0.39, 0.29) is 6.04 Å². The van der Waals surface area contributed by atoms with Crippen LogP contribution in [-0.4, -0.2) is 0 Å². The molecule has 1 nitrogen and oxygen atoms in total. The Morgan fingerprint density at radius 3 is 2.54 bits per heavy atom. The lowest BCUT2D eigenvalue weighted by Gasteiger charge is -2.09. The molecule has 0 fully saturated rings. The predicted molar refractivity (Wildman–Crippen MR) is 60.9 cm³/mol. The van der Waals surface area contributed by atoms with Crippen molar-refractivity contribution in [3.8, 4) is 0 Å². The van der Waals surface area contributed by atoms with Crippen LogP contribution in [0.4, 0.5) is 0 Å². The lowest BCUT2D eigenvalue weighted by atomic mass is 10.0. The molecule has 0 aliphatic carbocycles. The lowest BCUT2D eigenvalue weighted by molar-refractivity contribution is 0.741. The van der Waals surface area contributed by atoms with Gasteiger partial charge in [0.25, 0.3) is 0 Å². The van der Waals surface area contributed by atoms with Gasteiger partial charge in [0.15, 0.2) is 0 Å². The second-order valence-electron chi connectivity index (χ2n) is 3.14. The molecule has 70 valence electrons. The number of aryl methyl sites for hydroxylation is 1. The summed E-state index contributed by atoms with van der Waals surface area (Å²) in [5.41, 5.74) is 8.39. The van der Waals surface area contributed by atoms with Crippen molar-refractivity contribution in [1.82, 2.24) is 0 Å². The van der Waals surface area contributed by atoms with Crippen molar-refractivity contribution in [3.05, 3.63) is 46.9 Å². The molecule has 13 heavy (non-hydrogen) atoms. The third kappa shape index (κ3) is 3.25. The van der Waals surface area contributed by atoms with E-state index in [0.29, 0.717) is 0 Å². The first-order chi connectivity index (χ1) is 6.24. The van der Waals surface area contributed by atoms with Crippen molar-refractivity contribution in [1.29, 1.82) is 0 Å². The smallest absolute Gasteiger partial charge is 0.0330 e. The number of rotatable bonds is 3. The van der Waals surface area contributed by atoms with Gasteiger partial charge in [0.1, 0.15) is 0 Å². The van der Waals surface area contributed by atoms with Crippen LogP contribution < -0.4 is 5.73 Å². The quantitative estimate of drug-likeness (QED) is 0.709. The predicted octanol–water partition coefficient (Wildman–Crippen LogP) is 2.83. The third-order valence-corrected chi connectivity index (χ3v) is 2.21. The highest BCUT2D eigenvalue weighted by atomic mass is 32.1. The number of hydrogen-bond acceptors (Lipinski definition) is 2. The summed E-state index contributed by atoms with van der Waals surface area (Å²) >= 11 is 3.99. The summed E-state index contributed by atoms with van der Waals surface area (Å²) in [6.07, 6.45) is 2.81. The molecule has 2 N–H and O–H groups in total. The lowest BCUT2D eigenvalue weighted by Crippen LogP contribution is -2.08. The Morgan fingerprint density at radius 1 is 1.38 bits per heavy atom. The molecule has 1 atom stereocenters. The van der Waals surface area contributed by atoms with E-state index in [1.54, 1.807) is 5.41 Å². The molecule has 1 rings (SSSR count). The zero-order valence-corrected chi connectivity index (χ0v) is 8.67. The molecule has 1 aromatic rings. The summed E-state index contributed by atoms with van der Waals surface area (Å²) in [4.78, 5) is 0. The SMILES string of the molecule is Cc1ccc(C(N)CC=CS)cc1. The molecule has 1 aromatic carbocycles. The minimum atomic E-state index is 0.0870. The third-order valence-electron chi connectivity index (χ3n) is 2.00. The van der Waals surface area contributed by atoms with Gasteiger partial charge in [0.2, 0.25) is 0 Å². The maximum atomic E-state index is 5.95. The van der Waals surface area contributed by atoms with Crippen LogP contribution in [0.3, 0.4) is 0 Å². The Kier molecular flexibility index (Phi) is 4.06. The summed E-state index contributed by atoms with van der Waals surface area (Å²) in [5.74, 6) is 0. The Hall–Kier alpha value is -0.730. The van der Waals surface area contributed by atoms with Gasteiger partial charge in [0.05, 0.1) is 0 Å². The number of hydrogen-bond donors (Lipinski definition) is 2. The van der Waals surface area contributed by atoms with E-state index in [0.717, 1.165) is 6.42 Å². The van der Waals surface area contributed by atoms with E-state index in [2.05, 4.69) is 43.8 Å². The normalized spacial score (nSPS) is 13.5. The molecule has 0 heterocycles. The fourth-order valence-corrected chi connectivity index (χ4v) is 1.28. The van der Waals surface area contributed by atoms with Crippen molar-refractivity contribution >= 4 is 12.6 Å². The van der Waals surface area contributed by atoms with Gasteiger partial charge in [-0.25, -0.2) is 0 Å².